The van der Waals surface area contributed by atoms with Crippen LogP contribution < -0.4 is 74.8 Å². The molecule has 17 nitrogen and oxygen atoms in total. The van der Waals surface area contributed by atoms with Crippen molar-refractivity contribution in [1.29, 1.82) is 0 Å². The van der Waals surface area contributed by atoms with E-state index in [0.717, 1.165) is 61.1 Å². The minimum Gasteiger partial charge on any atom is -0.858 e. The van der Waals surface area contributed by atoms with Crippen molar-refractivity contribution in [2.75, 3.05) is 24.7 Å². The molecule has 6 atom stereocenters. The average molecular weight is 1020 g/mol. The van der Waals surface area contributed by atoms with Gasteiger partial charge in [-0.1, -0.05) is 186 Å². The summed E-state index contributed by atoms with van der Waals surface area (Å²) in [5.41, 5.74) is 8.09. The number of nitrogens with zero attached hydrogens (tertiary/aromatic N) is 5. The Morgan fingerprint density at radius 2 is 1.33 bits per heavy atom. The Bertz CT molecular complexity index is 1620. The molecule has 376 valence electrons. The summed E-state index contributed by atoms with van der Waals surface area (Å²) in [6.07, 6.45) is 32.2. The van der Waals surface area contributed by atoms with E-state index in [-0.39, 0.29) is 77.7 Å². The number of hydrogen-bond donors (Lipinski definition) is 1. The number of unbranched alkanes of at least 4 members (excludes halogenated alkanes) is 26. The third-order valence-corrected chi connectivity index (χ3v) is 15.3. The molecular weight excluding hydrogens is 943 g/mol. The van der Waals surface area contributed by atoms with Gasteiger partial charge in [0.15, 0.2) is 0 Å². The summed E-state index contributed by atoms with van der Waals surface area (Å²) in [7, 11) is -10.8. The Hall–Kier alpha value is 0.0300. The van der Waals surface area contributed by atoms with Crippen LogP contribution in [0.2, 0.25) is 0 Å². The summed E-state index contributed by atoms with van der Waals surface area (Å²) in [4.78, 5) is 54.2. The molecule has 1 saturated heterocycles. The van der Waals surface area contributed by atoms with Crippen LogP contribution in [0.4, 0.5) is 0 Å². The molecule has 0 aromatic carbocycles. The van der Waals surface area contributed by atoms with Gasteiger partial charge in [0.25, 0.3) is 7.82 Å². The third kappa shape index (κ3) is 34.9. The largest absolute Gasteiger partial charge is 1.00 e. The van der Waals surface area contributed by atoms with Crippen LogP contribution in [0.3, 0.4) is 0 Å². The fourth-order valence-electron chi connectivity index (χ4n) is 7.79. The first-order valence-corrected chi connectivity index (χ1v) is 28.9. The van der Waals surface area contributed by atoms with Crippen molar-refractivity contribution < 1.29 is 111 Å². The zero-order chi connectivity index (χ0) is 47.4. The van der Waals surface area contributed by atoms with Crippen molar-refractivity contribution in [1.82, 2.24) is 9.55 Å². The summed E-state index contributed by atoms with van der Waals surface area (Å²) in [5, 5.41) is 15.0. The van der Waals surface area contributed by atoms with Crippen LogP contribution in [0.25, 0.3) is 10.4 Å². The maximum absolute atomic E-state index is 12.9. The van der Waals surface area contributed by atoms with Crippen LogP contribution in [0.5, 0.6) is 5.88 Å². The van der Waals surface area contributed by atoms with Crippen LogP contribution in [0, 0.1) is 0 Å². The van der Waals surface area contributed by atoms with Gasteiger partial charge in [0, 0.05) is 29.7 Å². The minimum atomic E-state index is -5.49. The molecule has 0 aliphatic carbocycles. The van der Waals surface area contributed by atoms with Crippen LogP contribution in [0.15, 0.2) is 22.2 Å². The van der Waals surface area contributed by atoms with E-state index in [1.54, 1.807) is 0 Å². The Labute approximate surface area is 449 Å². The molecule has 2 unspecified atom stereocenters. The predicted octanol–water partition coefficient (Wildman–Crippen LogP) is 5.91. The van der Waals surface area contributed by atoms with Crippen molar-refractivity contribution in [2.24, 2.45) is 5.11 Å². The molecule has 22 heteroatoms. The Kier molecular flexibility index (Phi) is 42.5. The molecule has 1 aliphatic rings. The number of thioether (sulfide) groups is 1. The second kappa shape index (κ2) is 42.5. The number of azide groups is 1. The molecule has 67 heavy (non-hydrogen) atoms. The van der Waals surface area contributed by atoms with Crippen molar-refractivity contribution in [3.8, 4) is 5.88 Å². The van der Waals surface area contributed by atoms with E-state index in [2.05, 4.69) is 33.2 Å². The van der Waals surface area contributed by atoms with Gasteiger partial charge in [-0.05, 0) is 36.1 Å². The second-order valence-corrected chi connectivity index (χ2v) is 21.5. The molecular formula is C45H81N5Na2O12P2S. The van der Waals surface area contributed by atoms with E-state index in [1.165, 1.54) is 147 Å². The van der Waals surface area contributed by atoms with Crippen molar-refractivity contribution in [2.45, 2.75) is 231 Å². The van der Waals surface area contributed by atoms with E-state index in [0.29, 0.717) is 6.42 Å². The number of phosphoric ester groups is 2. The summed E-state index contributed by atoms with van der Waals surface area (Å²) in [6.45, 7) is 3.07. The van der Waals surface area contributed by atoms with Crippen LogP contribution in [0.1, 0.15) is 213 Å². The SMILES string of the molecule is CCCCCCCCCCCCCCCCCCSC[C@@H](COP(=O)([O-])OP(=O)(O)OC[C@H]1O[C@@H](n2ccc([O-])nc2=O)C[C@@H]1N=[N+]=[N-])OC(=O)CCCCCCCCCCCCCC.[Na+].[Na+]. The number of esters is 1. The molecule has 0 spiro atoms. The number of rotatable bonds is 43. The van der Waals surface area contributed by atoms with Crippen molar-refractivity contribution >= 4 is 33.4 Å². The topological polar surface area (TPSA) is 247 Å². The van der Waals surface area contributed by atoms with Crippen molar-refractivity contribution in [3.05, 3.63) is 33.2 Å². The average Bonchev–Trinajstić information content (AvgIpc) is 3.66. The summed E-state index contributed by atoms with van der Waals surface area (Å²) in [5.74, 6) is -0.195. The molecule has 1 aromatic rings. The molecule has 1 aliphatic heterocycles. The fraction of sp³-hybridized carbons (Fsp3) is 0.889. The molecule has 2 rings (SSSR count). The molecule has 2 heterocycles. The summed E-state index contributed by atoms with van der Waals surface area (Å²) >= 11 is 1.52. The molecule has 1 fully saturated rings. The van der Waals surface area contributed by atoms with Gasteiger partial charge in [0.1, 0.15) is 12.3 Å². The van der Waals surface area contributed by atoms with Gasteiger partial charge in [-0.25, -0.2) is 18.7 Å². The van der Waals surface area contributed by atoms with Crippen LogP contribution in [-0.4, -0.2) is 63.4 Å². The molecule has 0 amide bonds. The van der Waals surface area contributed by atoms with Gasteiger partial charge >= 0.3 is 78.6 Å². The zero-order valence-corrected chi connectivity index (χ0v) is 48.1. The summed E-state index contributed by atoms with van der Waals surface area (Å²) < 4.78 is 52.2. The molecule has 1 aromatic heterocycles. The smallest absolute Gasteiger partial charge is 0.858 e. The fourth-order valence-corrected chi connectivity index (χ4v) is 10.9. The minimum absolute atomic E-state index is 0. The number of aromatic nitrogens is 2. The van der Waals surface area contributed by atoms with Crippen molar-refractivity contribution in [3.63, 3.8) is 0 Å². The first kappa shape index (κ1) is 67.0. The number of carbonyl (C=O) groups is 1. The van der Waals surface area contributed by atoms with E-state index in [1.807, 2.05) is 0 Å². The van der Waals surface area contributed by atoms with Gasteiger partial charge in [-0.15, -0.1) is 0 Å². The van der Waals surface area contributed by atoms with Gasteiger partial charge in [-0.2, -0.15) is 11.8 Å². The number of phosphoric acid groups is 2. The number of hydrogen-bond acceptors (Lipinski definition) is 14. The summed E-state index contributed by atoms with van der Waals surface area (Å²) in [6, 6.07) is 0.0337. The van der Waals surface area contributed by atoms with E-state index < -0.39 is 70.9 Å². The van der Waals surface area contributed by atoms with Gasteiger partial charge in [0.2, 0.25) is 0 Å². The molecule has 0 saturated carbocycles. The first-order chi connectivity index (χ1) is 31.4. The predicted molar refractivity (Wildman–Crippen MR) is 252 cm³/mol. The number of ether oxygens (including phenoxy) is 2. The van der Waals surface area contributed by atoms with E-state index in [4.69, 9.17) is 24.1 Å². The van der Waals surface area contributed by atoms with Crippen LogP contribution >= 0.6 is 27.4 Å². The Morgan fingerprint density at radius 1 is 0.851 bits per heavy atom. The van der Waals surface area contributed by atoms with Gasteiger partial charge in [0.05, 0.1) is 25.4 Å². The quantitative estimate of drug-likeness (QED) is 0.0152. The van der Waals surface area contributed by atoms with Crippen LogP contribution in [-0.2, 0) is 36.8 Å². The molecule has 1 N–H and O–H groups in total. The third-order valence-electron chi connectivity index (χ3n) is 11.5. The normalized spacial score (nSPS) is 17.9. The Balaban J connectivity index is 0.0000218. The Morgan fingerprint density at radius 3 is 1.81 bits per heavy atom. The maximum Gasteiger partial charge on any atom is 1.00 e. The monoisotopic (exact) mass is 1020 g/mol. The van der Waals surface area contributed by atoms with Gasteiger partial charge in [-0.3, -0.25) is 18.5 Å². The number of carbonyl (C=O) groups excluding carboxylic acids is 1. The second-order valence-electron chi connectivity index (χ2n) is 17.3. The standard InChI is InChI=1S/C45H83N5O12P2S.2Na/c1-3-5-7-9-11-13-15-17-18-19-20-22-24-26-28-30-34-65-38-39(60-44(52)31-29-27-25-23-21-16-14-12-10-8-6-4-2)36-58-63(54,55)62-64(56,57)59-37-41-40(48-49-46)35-43(61-41)50-33-32-42(51)47-45(50)53;;/h32-33,39-41,43H,3-31,34-38H2,1-2H3,(H,54,55)(H,56,57)(H,47,51,53);;/q;2*+1/p-2/t39-,40+,41-,43-;;/m1../s1. The first-order valence-electron chi connectivity index (χ1n) is 24.8. The zero-order valence-electron chi connectivity index (χ0n) is 41.5. The van der Waals surface area contributed by atoms with Gasteiger partial charge < -0.3 is 28.9 Å². The maximum atomic E-state index is 12.9. The van der Waals surface area contributed by atoms with E-state index >= 15 is 0 Å². The molecule has 0 radical (unpaired) electrons. The molecule has 0 bridgehead atoms. The van der Waals surface area contributed by atoms with E-state index in [9.17, 15) is 33.6 Å².